The van der Waals surface area contributed by atoms with Crippen LogP contribution in [0.15, 0.2) is 0 Å². The van der Waals surface area contributed by atoms with Crippen molar-refractivity contribution >= 4 is 17.5 Å². The SMILES string of the molecule is CCc1nc(NC)c(C)c(N2CC(C(N)=O)CCC2C)n1. The molecule has 6 heteroatoms. The van der Waals surface area contributed by atoms with Gasteiger partial charge in [-0.15, -0.1) is 0 Å². The lowest BCUT2D eigenvalue weighted by Crippen LogP contribution is -2.46. The first kappa shape index (κ1) is 15.5. The highest BCUT2D eigenvalue weighted by molar-refractivity contribution is 5.77. The zero-order valence-corrected chi connectivity index (χ0v) is 13.3. The summed E-state index contributed by atoms with van der Waals surface area (Å²) in [5, 5.41) is 3.13. The average Bonchev–Trinajstić information content (AvgIpc) is 2.48. The van der Waals surface area contributed by atoms with Gasteiger partial charge in [-0.1, -0.05) is 6.92 Å². The third-order valence-electron chi connectivity index (χ3n) is 4.28. The maximum atomic E-state index is 11.5. The molecule has 1 aromatic heterocycles. The molecule has 0 bridgehead atoms. The van der Waals surface area contributed by atoms with Crippen molar-refractivity contribution in [1.82, 2.24) is 9.97 Å². The van der Waals surface area contributed by atoms with E-state index in [2.05, 4.69) is 27.1 Å². The van der Waals surface area contributed by atoms with Gasteiger partial charge in [0.15, 0.2) is 0 Å². The summed E-state index contributed by atoms with van der Waals surface area (Å²) in [6.45, 7) is 6.87. The number of rotatable bonds is 4. The Kier molecular flexibility index (Phi) is 4.65. The predicted octanol–water partition coefficient (Wildman–Crippen LogP) is 1.48. The van der Waals surface area contributed by atoms with Gasteiger partial charge >= 0.3 is 0 Å². The summed E-state index contributed by atoms with van der Waals surface area (Å²) >= 11 is 0. The molecule has 2 rings (SSSR count). The van der Waals surface area contributed by atoms with Crippen molar-refractivity contribution in [3.05, 3.63) is 11.4 Å². The summed E-state index contributed by atoms with van der Waals surface area (Å²) < 4.78 is 0. The Hall–Kier alpha value is -1.85. The Balaban J connectivity index is 2.40. The molecule has 3 N–H and O–H groups in total. The van der Waals surface area contributed by atoms with E-state index in [4.69, 9.17) is 5.73 Å². The van der Waals surface area contributed by atoms with E-state index in [0.717, 1.165) is 42.3 Å². The largest absolute Gasteiger partial charge is 0.373 e. The summed E-state index contributed by atoms with van der Waals surface area (Å²) in [7, 11) is 1.87. The molecule has 1 aliphatic heterocycles. The minimum atomic E-state index is -0.219. The van der Waals surface area contributed by atoms with Gasteiger partial charge in [0.1, 0.15) is 17.5 Å². The van der Waals surface area contributed by atoms with E-state index >= 15 is 0 Å². The fourth-order valence-corrected chi connectivity index (χ4v) is 2.87. The lowest BCUT2D eigenvalue weighted by atomic mass is 9.92. The third kappa shape index (κ3) is 3.09. The Labute approximate surface area is 126 Å². The Morgan fingerprint density at radius 2 is 2.14 bits per heavy atom. The number of hydrogen-bond donors (Lipinski definition) is 2. The fourth-order valence-electron chi connectivity index (χ4n) is 2.87. The summed E-state index contributed by atoms with van der Waals surface area (Å²) in [5.41, 5.74) is 6.51. The van der Waals surface area contributed by atoms with Crippen LogP contribution < -0.4 is 16.0 Å². The number of aromatic nitrogens is 2. The van der Waals surface area contributed by atoms with Crippen LogP contribution in [-0.4, -0.2) is 35.5 Å². The molecule has 1 fully saturated rings. The Bertz CT molecular complexity index is 531. The number of nitrogens with one attached hydrogen (secondary N) is 1. The lowest BCUT2D eigenvalue weighted by Gasteiger charge is -2.38. The van der Waals surface area contributed by atoms with Crippen LogP contribution in [-0.2, 0) is 11.2 Å². The first-order valence-corrected chi connectivity index (χ1v) is 7.59. The Morgan fingerprint density at radius 3 is 2.71 bits per heavy atom. The highest BCUT2D eigenvalue weighted by Crippen LogP contribution is 2.31. The quantitative estimate of drug-likeness (QED) is 0.878. The summed E-state index contributed by atoms with van der Waals surface area (Å²) in [4.78, 5) is 22.9. The van der Waals surface area contributed by atoms with Crippen LogP contribution in [0, 0.1) is 12.8 Å². The van der Waals surface area contributed by atoms with Gasteiger partial charge in [-0.05, 0) is 26.7 Å². The molecular formula is C15H25N5O. The van der Waals surface area contributed by atoms with Gasteiger partial charge in [0, 0.05) is 31.6 Å². The van der Waals surface area contributed by atoms with E-state index in [9.17, 15) is 4.79 Å². The molecule has 0 aliphatic carbocycles. The van der Waals surface area contributed by atoms with Gasteiger partial charge in [-0.25, -0.2) is 9.97 Å². The molecule has 21 heavy (non-hydrogen) atoms. The van der Waals surface area contributed by atoms with Gasteiger partial charge in [0.2, 0.25) is 5.91 Å². The van der Waals surface area contributed by atoms with Crippen LogP contribution in [0.1, 0.15) is 38.1 Å². The van der Waals surface area contributed by atoms with E-state index in [1.165, 1.54) is 0 Å². The Morgan fingerprint density at radius 1 is 1.43 bits per heavy atom. The number of hydrogen-bond acceptors (Lipinski definition) is 5. The number of primary amides is 1. The molecule has 2 heterocycles. The predicted molar refractivity (Wildman–Crippen MR) is 84.4 cm³/mol. The number of piperidine rings is 1. The van der Waals surface area contributed by atoms with E-state index in [0.29, 0.717) is 12.6 Å². The van der Waals surface area contributed by atoms with E-state index in [1.807, 2.05) is 20.9 Å². The molecule has 1 amide bonds. The molecule has 6 nitrogen and oxygen atoms in total. The normalized spacial score (nSPS) is 22.2. The molecule has 0 spiro atoms. The van der Waals surface area contributed by atoms with Crippen molar-refractivity contribution in [3.63, 3.8) is 0 Å². The van der Waals surface area contributed by atoms with Crippen LogP contribution >= 0.6 is 0 Å². The number of nitrogens with zero attached hydrogens (tertiary/aromatic N) is 3. The molecule has 1 saturated heterocycles. The number of aryl methyl sites for hydroxylation is 1. The van der Waals surface area contributed by atoms with Crippen LogP contribution in [0.25, 0.3) is 0 Å². The minimum Gasteiger partial charge on any atom is -0.373 e. The van der Waals surface area contributed by atoms with Crippen LogP contribution in [0.2, 0.25) is 0 Å². The first-order chi connectivity index (χ1) is 9.97. The third-order valence-corrected chi connectivity index (χ3v) is 4.28. The lowest BCUT2D eigenvalue weighted by molar-refractivity contribution is -0.122. The van der Waals surface area contributed by atoms with Crippen molar-refractivity contribution in [3.8, 4) is 0 Å². The highest BCUT2D eigenvalue weighted by Gasteiger charge is 2.31. The molecule has 1 aliphatic rings. The van der Waals surface area contributed by atoms with Gasteiger partial charge in [-0.2, -0.15) is 0 Å². The fraction of sp³-hybridized carbons (Fsp3) is 0.667. The minimum absolute atomic E-state index is 0.0984. The number of carbonyl (C=O) groups excluding carboxylic acids is 1. The number of nitrogens with two attached hydrogens (primary N) is 1. The van der Waals surface area contributed by atoms with Gasteiger partial charge in [-0.3, -0.25) is 4.79 Å². The second-order valence-corrected chi connectivity index (χ2v) is 5.72. The molecule has 0 radical (unpaired) electrons. The molecule has 2 unspecified atom stereocenters. The van der Waals surface area contributed by atoms with Crippen molar-refractivity contribution in [1.29, 1.82) is 0 Å². The van der Waals surface area contributed by atoms with Crippen molar-refractivity contribution in [2.45, 2.75) is 46.1 Å². The van der Waals surface area contributed by atoms with Crippen LogP contribution in [0.3, 0.4) is 0 Å². The second kappa shape index (κ2) is 6.28. The smallest absolute Gasteiger partial charge is 0.222 e. The van der Waals surface area contributed by atoms with E-state index in [-0.39, 0.29) is 11.8 Å². The van der Waals surface area contributed by atoms with Crippen molar-refractivity contribution < 1.29 is 4.79 Å². The molecule has 116 valence electrons. The zero-order chi connectivity index (χ0) is 15.6. The monoisotopic (exact) mass is 291 g/mol. The zero-order valence-electron chi connectivity index (χ0n) is 13.3. The standard InChI is InChI=1S/C15H25N5O/c1-5-12-18-14(17-4)10(3)15(19-12)20-8-11(13(16)21)7-6-9(20)2/h9,11H,5-8H2,1-4H3,(H2,16,21)(H,17,18,19). The molecule has 1 aromatic rings. The van der Waals surface area contributed by atoms with Crippen molar-refractivity contribution in [2.24, 2.45) is 11.7 Å². The van der Waals surface area contributed by atoms with Gasteiger partial charge < -0.3 is 16.0 Å². The van der Waals surface area contributed by atoms with Gasteiger partial charge in [0.05, 0.1) is 5.92 Å². The van der Waals surface area contributed by atoms with E-state index < -0.39 is 0 Å². The number of carbonyl (C=O) groups is 1. The maximum Gasteiger partial charge on any atom is 0.222 e. The van der Waals surface area contributed by atoms with Crippen LogP contribution in [0.4, 0.5) is 11.6 Å². The van der Waals surface area contributed by atoms with E-state index in [1.54, 1.807) is 0 Å². The summed E-state index contributed by atoms with van der Waals surface area (Å²) in [5.74, 6) is 2.27. The van der Waals surface area contributed by atoms with Crippen molar-refractivity contribution in [2.75, 3.05) is 23.8 Å². The number of amides is 1. The number of anilines is 2. The maximum absolute atomic E-state index is 11.5. The first-order valence-electron chi connectivity index (χ1n) is 7.59. The van der Waals surface area contributed by atoms with Crippen LogP contribution in [0.5, 0.6) is 0 Å². The molecular weight excluding hydrogens is 266 g/mol. The molecule has 0 aromatic carbocycles. The summed E-state index contributed by atoms with van der Waals surface area (Å²) in [6, 6.07) is 0.351. The summed E-state index contributed by atoms with van der Waals surface area (Å²) in [6.07, 6.45) is 2.59. The second-order valence-electron chi connectivity index (χ2n) is 5.72. The topological polar surface area (TPSA) is 84.1 Å². The molecule has 0 saturated carbocycles. The highest BCUT2D eigenvalue weighted by atomic mass is 16.1. The average molecular weight is 291 g/mol. The molecule has 2 atom stereocenters. The van der Waals surface area contributed by atoms with Gasteiger partial charge in [0.25, 0.3) is 0 Å².